The van der Waals surface area contributed by atoms with Crippen molar-refractivity contribution in [1.29, 1.82) is 0 Å². The van der Waals surface area contributed by atoms with E-state index in [4.69, 9.17) is 5.84 Å². The van der Waals surface area contributed by atoms with Crippen LogP contribution in [0.5, 0.6) is 0 Å². The van der Waals surface area contributed by atoms with Crippen LogP contribution in [0.1, 0.15) is 105 Å². The van der Waals surface area contributed by atoms with Gasteiger partial charge in [-0.05, 0) is 18.3 Å². The van der Waals surface area contributed by atoms with Crippen molar-refractivity contribution in [1.82, 2.24) is 5.43 Å². The average Bonchev–Trinajstić information content (AvgIpc) is 2.44. The standard InChI is InChI=1S/C18H40N2/c1-5-7-8-9-10-11-12-13-14-15-16-17(20-19)18(3,4)6-2/h17,20H,5-16,19H2,1-4H3. The molecule has 0 aliphatic heterocycles. The van der Waals surface area contributed by atoms with Crippen LogP contribution in [-0.2, 0) is 0 Å². The normalized spacial score (nSPS) is 13.7. The first-order valence-corrected chi connectivity index (χ1v) is 9.04. The van der Waals surface area contributed by atoms with Crippen LogP contribution in [0.3, 0.4) is 0 Å². The zero-order valence-electron chi connectivity index (χ0n) is 14.6. The molecule has 0 aromatic rings. The molecule has 0 saturated heterocycles. The number of rotatable bonds is 14. The molecule has 20 heavy (non-hydrogen) atoms. The second kappa shape index (κ2) is 12.6. The van der Waals surface area contributed by atoms with Crippen LogP contribution >= 0.6 is 0 Å². The molecule has 0 heterocycles. The number of unbranched alkanes of at least 4 members (excludes halogenated alkanes) is 9. The van der Waals surface area contributed by atoms with Gasteiger partial charge in [-0.25, -0.2) is 0 Å². The predicted molar refractivity (Wildman–Crippen MR) is 91.6 cm³/mol. The molecule has 0 bridgehead atoms. The van der Waals surface area contributed by atoms with Crippen molar-refractivity contribution in [3.05, 3.63) is 0 Å². The highest BCUT2D eigenvalue weighted by Gasteiger charge is 2.25. The lowest BCUT2D eigenvalue weighted by atomic mass is 9.80. The Labute approximate surface area is 128 Å². The Morgan fingerprint density at radius 3 is 1.65 bits per heavy atom. The minimum Gasteiger partial charge on any atom is -0.271 e. The highest BCUT2D eigenvalue weighted by atomic mass is 15.2. The first-order chi connectivity index (χ1) is 9.58. The molecule has 0 aliphatic rings. The summed E-state index contributed by atoms with van der Waals surface area (Å²) in [5.41, 5.74) is 3.34. The first kappa shape index (κ1) is 19.9. The maximum absolute atomic E-state index is 5.70. The fourth-order valence-corrected chi connectivity index (χ4v) is 2.78. The lowest BCUT2D eigenvalue weighted by Crippen LogP contribution is -2.45. The fraction of sp³-hybridized carbons (Fsp3) is 1.00. The smallest absolute Gasteiger partial charge is 0.0261 e. The van der Waals surface area contributed by atoms with Crippen LogP contribution in [0.15, 0.2) is 0 Å². The minimum absolute atomic E-state index is 0.314. The number of hydrazine groups is 1. The van der Waals surface area contributed by atoms with E-state index in [2.05, 4.69) is 33.1 Å². The molecule has 0 fully saturated rings. The van der Waals surface area contributed by atoms with Gasteiger partial charge in [-0.3, -0.25) is 11.3 Å². The molecule has 0 aromatic carbocycles. The number of nitrogens with two attached hydrogens (primary N) is 1. The van der Waals surface area contributed by atoms with E-state index >= 15 is 0 Å². The molecule has 2 heteroatoms. The summed E-state index contributed by atoms with van der Waals surface area (Å²) in [4.78, 5) is 0. The quantitative estimate of drug-likeness (QED) is 0.249. The molecular weight excluding hydrogens is 244 g/mol. The molecule has 1 atom stereocenters. The zero-order chi connectivity index (χ0) is 15.3. The van der Waals surface area contributed by atoms with Crippen molar-refractivity contribution in [2.45, 2.75) is 111 Å². The second-order valence-corrected chi connectivity index (χ2v) is 7.03. The van der Waals surface area contributed by atoms with Crippen molar-refractivity contribution < 1.29 is 0 Å². The van der Waals surface area contributed by atoms with E-state index in [1.54, 1.807) is 0 Å². The summed E-state index contributed by atoms with van der Waals surface area (Å²) in [6.45, 7) is 9.16. The van der Waals surface area contributed by atoms with Gasteiger partial charge in [-0.2, -0.15) is 0 Å². The van der Waals surface area contributed by atoms with Gasteiger partial charge in [0.05, 0.1) is 0 Å². The van der Waals surface area contributed by atoms with Gasteiger partial charge in [0.15, 0.2) is 0 Å². The van der Waals surface area contributed by atoms with E-state index in [1.165, 1.54) is 77.0 Å². The van der Waals surface area contributed by atoms with Gasteiger partial charge in [0.2, 0.25) is 0 Å². The van der Waals surface area contributed by atoms with E-state index < -0.39 is 0 Å². The molecule has 0 spiro atoms. The topological polar surface area (TPSA) is 38.0 Å². The third-order valence-corrected chi connectivity index (χ3v) is 4.90. The lowest BCUT2D eigenvalue weighted by molar-refractivity contribution is 0.217. The van der Waals surface area contributed by atoms with E-state index in [9.17, 15) is 0 Å². The number of hydrogen-bond donors (Lipinski definition) is 2. The van der Waals surface area contributed by atoms with Crippen LogP contribution in [0, 0.1) is 5.41 Å². The van der Waals surface area contributed by atoms with Gasteiger partial charge < -0.3 is 0 Å². The van der Waals surface area contributed by atoms with Gasteiger partial charge in [0.25, 0.3) is 0 Å². The van der Waals surface area contributed by atoms with Gasteiger partial charge in [-0.1, -0.05) is 91.9 Å². The summed E-state index contributed by atoms with van der Waals surface area (Å²) in [5, 5.41) is 0. The van der Waals surface area contributed by atoms with Crippen LogP contribution in [0.4, 0.5) is 0 Å². The van der Waals surface area contributed by atoms with Crippen molar-refractivity contribution in [3.8, 4) is 0 Å². The van der Waals surface area contributed by atoms with Gasteiger partial charge in [0, 0.05) is 6.04 Å². The molecule has 0 saturated carbocycles. The van der Waals surface area contributed by atoms with Crippen LogP contribution in [-0.4, -0.2) is 6.04 Å². The molecule has 3 N–H and O–H groups in total. The van der Waals surface area contributed by atoms with Crippen molar-refractivity contribution >= 4 is 0 Å². The van der Waals surface area contributed by atoms with Gasteiger partial charge in [-0.15, -0.1) is 0 Å². The maximum atomic E-state index is 5.70. The molecule has 0 aliphatic carbocycles. The lowest BCUT2D eigenvalue weighted by Gasteiger charge is -2.33. The van der Waals surface area contributed by atoms with Crippen LogP contribution in [0.2, 0.25) is 0 Å². The summed E-state index contributed by atoms with van der Waals surface area (Å²) in [7, 11) is 0. The largest absolute Gasteiger partial charge is 0.271 e. The predicted octanol–water partition coefficient (Wildman–Crippen LogP) is 5.57. The Hall–Kier alpha value is -0.0800. The van der Waals surface area contributed by atoms with E-state index in [-0.39, 0.29) is 0 Å². The summed E-state index contributed by atoms with van der Waals surface area (Å²) in [6, 6.07) is 0.460. The Morgan fingerprint density at radius 2 is 1.25 bits per heavy atom. The average molecular weight is 285 g/mol. The zero-order valence-corrected chi connectivity index (χ0v) is 14.6. The minimum atomic E-state index is 0.314. The van der Waals surface area contributed by atoms with Crippen molar-refractivity contribution in [3.63, 3.8) is 0 Å². The Morgan fingerprint density at radius 1 is 0.800 bits per heavy atom. The molecule has 0 rings (SSSR count). The third-order valence-electron chi connectivity index (χ3n) is 4.90. The molecule has 0 aromatic heterocycles. The number of hydrogen-bond acceptors (Lipinski definition) is 2. The summed E-state index contributed by atoms with van der Waals surface area (Å²) in [5.74, 6) is 5.70. The van der Waals surface area contributed by atoms with Gasteiger partial charge in [0.1, 0.15) is 0 Å². The summed E-state index contributed by atoms with van der Waals surface area (Å²) in [6.07, 6.45) is 16.4. The summed E-state index contributed by atoms with van der Waals surface area (Å²) >= 11 is 0. The molecular formula is C18H40N2. The van der Waals surface area contributed by atoms with Gasteiger partial charge >= 0.3 is 0 Å². The SMILES string of the molecule is CCCCCCCCCCCCC(NN)C(C)(C)CC. The summed E-state index contributed by atoms with van der Waals surface area (Å²) < 4.78 is 0. The molecule has 1 unspecified atom stereocenters. The highest BCUT2D eigenvalue weighted by Crippen LogP contribution is 2.27. The van der Waals surface area contributed by atoms with Crippen molar-refractivity contribution in [2.24, 2.45) is 11.3 Å². The number of nitrogens with one attached hydrogen (secondary N) is 1. The fourth-order valence-electron chi connectivity index (χ4n) is 2.78. The second-order valence-electron chi connectivity index (χ2n) is 7.03. The Balaban J connectivity index is 3.43. The molecule has 0 amide bonds. The van der Waals surface area contributed by atoms with Crippen LogP contribution in [0.25, 0.3) is 0 Å². The van der Waals surface area contributed by atoms with E-state index in [1.807, 2.05) is 0 Å². The van der Waals surface area contributed by atoms with E-state index in [0.717, 1.165) is 0 Å². The van der Waals surface area contributed by atoms with Crippen molar-refractivity contribution in [2.75, 3.05) is 0 Å². The Kier molecular flexibility index (Phi) is 12.6. The Bertz CT molecular complexity index is 202. The first-order valence-electron chi connectivity index (χ1n) is 9.04. The monoisotopic (exact) mass is 284 g/mol. The molecule has 0 radical (unpaired) electrons. The molecule has 2 nitrogen and oxygen atoms in total. The van der Waals surface area contributed by atoms with Crippen LogP contribution < -0.4 is 11.3 Å². The molecule has 122 valence electrons. The third kappa shape index (κ3) is 9.77. The highest BCUT2D eigenvalue weighted by molar-refractivity contribution is 4.81. The maximum Gasteiger partial charge on any atom is 0.0261 e. The van der Waals surface area contributed by atoms with E-state index in [0.29, 0.717) is 11.5 Å².